The van der Waals surface area contributed by atoms with Gasteiger partial charge in [0, 0.05) is 31.9 Å². The Kier molecular flexibility index (Phi) is 7.33. The van der Waals surface area contributed by atoms with Crippen molar-refractivity contribution in [2.45, 2.75) is 0 Å². The Bertz CT molecular complexity index is 785. The van der Waals surface area contributed by atoms with Gasteiger partial charge < -0.3 is 14.3 Å². The van der Waals surface area contributed by atoms with Crippen molar-refractivity contribution in [3.63, 3.8) is 0 Å². The van der Waals surface area contributed by atoms with Crippen molar-refractivity contribution in [2.24, 2.45) is 0 Å². The summed E-state index contributed by atoms with van der Waals surface area (Å²) in [7, 11) is 8.34. The lowest BCUT2D eigenvalue weighted by Gasteiger charge is -2.40. The summed E-state index contributed by atoms with van der Waals surface area (Å²) in [6.45, 7) is 8.11. The highest BCUT2D eigenvalue weighted by Crippen LogP contribution is 2.20. The zero-order valence-electron chi connectivity index (χ0n) is 19.4. The molecule has 0 aliphatic carbocycles. The van der Waals surface area contributed by atoms with Crippen molar-refractivity contribution in [1.29, 1.82) is 0 Å². The van der Waals surface area contributed by atoms with Gasteiger partial charge in [-0.2, -0.15) is 5.06 Å². The Hall–Kier alpha value is -2.04. The number of rotatable bonds is 6. The largest absolute Gasteiger partial charge is 0.321 e. The monoisotopic (exact) mass is 434 g/mol. The summed E-state index contributed by atoms with van der Waals surface area (Å²) in [4.78, 5) is 29.9. The molecule has 2 saturated heterocycles. The van der Waals surface area contributed by atoms with E-state index in [0.717, 1.165) is 52.4 Å². The van der Waals surface area contributed by atoms with E-state index < -0.39 is 0 Å². The zero-order valence-corrected chi connectivity index (χ0v) is 19.4. The smallest absolute Gasteiger partial charge is 0.305 e. The molecule has 31 heavy (non-hydrogen) atoms. The molecule has 0 radical (unpaired) electrons. The lowest BCUT2D eigenvalue weighted by molar-refractivity contribution is -0.906. The number of nitrogens with one attached hydrogen (secondary N) is 1. The van der Waals surface area contributed by atoms with Crippen molar-refractivity contribution in [3.05, 3.63) is 24.3 Å². The van der Waals surface area contributed by atoms with Gasteiger partial charge in [0.05, 0.1) is 46.0 Å². The lowest BCUT2D eigenvalue weighted by Crippen LogP contribution is -2.59. The fourth-order valence-corrected chi connectivity index (χ4v) is 4.21. The van der Waals surface area contributed by atoms with Crippen LogP contribution in [0.5, 0.6) is 0 Å². The molecule has 0 unspecified atom stereocenters. The molecule has 9 heteroatoms. The molecule has 172 valence electrons. The van der Waals surface area contributed by atoms with Crippen molar-refractivity contribution < 1.29 is 23.8 Å². The molecule has 0 atom stereocenters. The molecule has 0 aromatic heterocycles. The number of carbonyl (C=O) groups is 2. The molecular weight excluding hydrogens is 396 g/mol. The average Bonchev–Trinajstić information content (AvgIpc) is 2.72. The highest BCUT2D eigenvalue weighted by molar-refractivity contribution is 5.95. The molecular formula is C22H38N6O3+2. The summed E-state index contributed by atoms with van der Waals surface area (Å²) in [5.41, 5.74) is 0.943. The Morgan fingerprint density at radius 3 is 2.03 bits per heavy atom. The summed E-state index contributed by atoms with van der Waals surface area (Å²) in [5, 5.41) is 14.2. The van der Waals surface area contributed by atoms with Crippen LogP contribution in [0.25, 0.3) is 0 Å². The number of anilines is 2. The molecule has 0 saturated carbocycles. The van der Waals surface area contributed by atoms with Gasteiger partial charge in [0.2, 0.25) is 0 Å². The quantitative estimate of drug-likeness (QED) is 0.378. The van der Waals surface area contributed by atoms with E-state index in [1.165, 1.54) is 0 Å². The fourth-order valence-electron chi connectivity index (χ4n) is 4.21. The van der Waals surface area contributed by atoms with Crippen LogP contribution in [0, 0.1) is 0 Å². The van der Waals surface area contributed by atoms with E-state index in [0.29, 0.717) is 31.9 Å². The van der Waals surface area contributed by atoms with Crippen LogP contribution in [0.4, 0.5) is 11.4 Å². The molecule has 2 aliphatic rings. The molecule has 1 aromatic rings. The molecule has 0 bridgehead atoms. The molecule has 0 spiro atoms. The van der Waals surface area contributed by atoms with Gasteiger partial charge in [-0.25, -0.2) is 0 Å². The van der Waals surface area contributed by atoms with E-state index in [4.69, 9.17) is 0 Å². The zero-order chi connectivity index (χ0) is 22.6. The van der Waals surface area contributed by atoms with Crippen LogP contribution in [0.2, 0.25) is 0 Å². The normalized spacial score (nSPS) is 21.5. The second-order valence-electron chi connectivity index (χ2n) is 9.86. The van der Waals surface area contributed by atoms with Crippen LogP contribution in [-0.2, 0) is 9.59 Å². The van der Waals surface area contributed by atoms with Crippen LogP contribution >= 0.6 is 0 Å². The Morgan fingerprint density at radius 1 is 0.968 bits per heavy atom. The molecule has 2 N–H and O–H groups in total. The molecule has 2 fully saturated rings. The van der Waals surface area contributed by atoms with Crippen molar-refractivity contribution in [3.8, 4) is 0 Å². The molecule has 1 aromatic carbocycles. The third kappa shape index (κ3) is 6.47. The number of piperazine rings is 2. The lowest BCUT2D eigenvalue weighted by atomic mass is 10.2. The minimum atomic E-state index is -0.342. The van der Waals surface area contributed by atoms with Crippen LogP contribution in [0.1, 0.15) is 0 Å². The second-order valence-corrected chi connectivity index (χ2v) is 9.86. The summed E-state index contributed by atoms with van der Waals surface area (Å²) in [6.07, 6.45) is 0. The summed E-state index contributed by atoms with van der Waals surface area (Å²) in [6, 6.07) is 6.83. The number of hydrogen-bond donors (Lipinski definition) is 2. The van der Waals surface area contributed by atoms with Crippen molar-refractivity contribution >= 4 is 23.2 Å². The number of nitrogens with zero attached hydrogens (tertiary/aromatic N) is 5. The topological polar surface area (TPSA) is 76.1 Å². The van der Waals surface area contributed by atoms with Crippen molar-refractivity contribution in [1.82, 2.24) is 9.80 Å². The second kappa shape index (κ2) is 9.62. The summed E-state index contributed by atoms with van der Waals surface area (Å²) in [5.74, 6) is -0.401. The number of hydroxylamine groups is 1. The van der Waals surface area contributed by atoms with E-state index in [9.17, 15) is 14.8 Å². The fraction of sp³-hybridized carbons (Fsp3) is 0.636. The minimum Gasteiger partial charge on any atom is -0.321 e. The molecule has 9 nitrogen and oxygen atoms in total. The number of quaternary nitrogens is 2. The number of carbonyl (C=O) groups excluding carboxylic acids is 2. The van der Waals surface area contributed by atoms with Gasteiger partial charge in [0.1, 0.15) is 0 Å². The van der Waals surface area contributed by atoms with Crippen LogP contribution in [0.3, 0.4) is 0 Å². The minimum absolute atomic E-state index is 0.0597. The Balaban J connectivity index is 1.57. The number of amides is 2. The van der Waals surface area contributed by atoms with Gasteiger partial charge >= 0.3 is 5.91 Å². The average molecular weight is 435 g/mol. The first-order chi connectivity index (χ1) is 14.6. The first-order valence-electron chi connectivity index (χ1n) is 11.0. The van der Waals surface area contributed by atoms with Gasteiger partial charge in [-0.3, -0.25) is 24.6 Å². The van der Waals surface area contributed by atoms with Crippen molar-refractivity contribution in [2.75, 3.05) is 104 Å². The molecule has 2 amide bonds. The van der Waals surface area contributed by atoms with Crippen LogP contribution in [0.15, 0.2) is 24.3 Å². The summed E-state index contributed by atoms with van der Waals surface area (Å²) >= 11 is 0. The maximum absolute atomic E-state index is 12.7. The van der Waals surface area contributed by atoms with Gasteiger partial charge in [-0.05, 0) is 32.3 Å². The standard InChI is InChI=1S/C22H37N6O3/c1-24-8-12-27(3,13-9-24)17-21(29)23-19-6-5-7-20(16-19)26(31)22(30)18-28(4)14-10-25(2)11-15-28/h5-7,16,31H,8-15,17-18H2,1-4H3/q+1/p+1. The summed E-state index contributed by atoms with van der Waals surface area (Å²) < 4.78 is 1.33. The van der Waals surface area contributed by atoms with Gasteiger partial charge in [0.25, 0.3) is 5.91 Å². The first-order valence-corrected chi connectivity index (χ1v) is 11.0. The van der Waals surface area contributed by atoms with Crippen LogP contribution < -0.4 is 10.4 Å². The predicted octanol–water partition coefficient (Wildman–Crippen LogP) is 0.131. The van der Waals surface area contributed by atoms with E-state index in [1.807, 2.05) is 0 Å². The number of benzene rings is 1. The number of hydrogen-bond acceptors (Lipinski definition) is 5. The van der Waals surface area contributed by atoms with E-state index in [2.05, 4.69) is 43.3 Å². The van der Waals surface area contributed by atoms with Gasteiger partial charge in [-0.1, -0.05) is 6.07 Å². The van der Waals surface area contributed by atoms with Gasteiger partial charge in [-0.15, -0.1) is 0 Å². The predicted molar refractivity (Wildman–Crippen MR) is 121 cm³/mol. The Morgan fingerprint density at radius 2 is 1.48 bits per heavy atom. The van der Waals surface area contributed by atoms with E-state index >= 15 is 0 Å². The molecule has 2 heterocycles. The van der Waals surface area contributed by atoms with Crippen LogP contribution in [-0.4, -0.2) is 129 Å². The van der Waals surface area contributed by atoms with Gasteiger partial charge in [0.15, 0.2) is 13.1 Å². The SMILES string of the molecule is CN1CC[N+](C)(CC(=O)Nc2cccc(N(O)C(=O)C[N+]3(C)CCN(C)CC3)c2)CC1. The Labute approximate surface area is 185 Å². The van der Waals surface area contributed by atoms with E-state index in [-0.39, 0.29) is 18.4 Å². The maximum Gasteiger partial charge on any atom is 0.305 e. The molecule has 2 aliphatic heterocycles. The first kappa shape index (κ1) is 23.6. The third-order valence-electron chi connectivity index (χ3n) is 6.74. The molecule has 3 rings (SSSR count). The van der Waals surface area contributed by atoms with E-state index in [1.54, 1.807) is 24.3 Å². The highest BCUT2D eigenvalue weighted by atomic mass is 16.5. The third-order valence-corrected chi connectivity index (χ3v) is 6.74. The highest BCUT2D eigenvalue weighted by Gasteiger charge is 2.32. The maximum atomic E-state index is 12.7. The number of likely N-dealkylation sites (N-methyl/N-ethyl adjacent to an activating group) is 4.